The SMILES string of the molecule is C[C@H]1CO[C@H](OCc2cc(C(F)(F)F)cc(C(F)(F)F)c2)[C@@H](c2ccccc2)N1. The third kappa shape index (κ3) is 5.49. The van der Waals surface area contributed by atoms with Crippen molar-refractivity contribution < 1.29 is 35.8 Å². The highest BCUT2D eigenvalue weighted by atomic mass is 19.4. The third-order valence-electron chi connectivity index (χ3n) is 4.47. The molecule has 29 heavy (non-hydrogen) atoms. The number of hydrogen-bond acceptors (Lipinski definition) is 3. The Labute approximate surface area is 163 Å². The third-order valence-corrected chi connectivity index (χ3v) is 4.47. The number of ether oxygens (including phenoxy) is 2. The molecule has 1 fully saturated rings. The fourth-order valence-electron chi connectivity index (χ4n) is 3.11. The smallest absolute Gasteiger partial charge is 0.349 e. The van der Waals surface area contributed by atoms with E-state index < -0.39 is 42.4 Å². The maximum Gasteiger partial charge on any atom is 0.416 e. The number of nitrogens with one attached hydrogen (secondary N) is 1. The predicted molar refractivity (Wildman–Crippen MR) is 92.8 cm³/mol. The normalized spacial score (nSPS) is 23.2. The van der Waals surface area contributed by atoms with Gasteiger partial charge in [0.2, 0.25) is 0 Å². The zero-order chi connectivity index (χ0) is 21.2. The summed E-state index contributed by atoms with van der Waals surface area (Å²) in [7, 11) is 0. The van der Waals surface area contributed by atoms with Crippen molar-refractivity contribution in [2.24, 2.45) is 0 Å². The van der Waals surface area contributed by atoms with E-state index >= 15 is 0 Å². The molecule has 9 heteroatoms. The van der Waals surface area contributed by atoms with E-state index in [9.17, 15) is 26.3 Å². The van der Waals surface area contributed by atoms with Crippen LogP contribution in [0.2, 0.25) is 0 Å². The molecule has 0 amide bonds. The van der Waals surface area contributed by atoms with Crippen molar-refractivity contribution in [3.63, 3.8) is 0 Å². The molecule has 0 bridgehead atoms. The van der Waals surface area contributed by atoms with Crippen LogP contribution in [0.5, 0.6) is 0 Å². The second-order valence-electron chi connectivity index (χ2n) is 6.88. The van der Waals surface area contributed by atoms with Gasteiger partial charge in [0.1, 0.15) is 0 Å². The molecule has 158 valence electrons. The van der Waals surface area contributed by atoms with Crippen LogP contribution in [-0.2, 0) is 28.4 Å². The van der Waals surface area contributed by atoms with Gasteiger partial charge in [-0.2, -0.15) is 26.3 Å². The summed E-state index contributed by atoms with van der Waals surface area (Å²) >= 11 is 0. The van der Waals surface area contributed by atoms with E-state index in [0.29, 0.717) is 18.7 Å². The van der Waals surface area contributed by atoms with Crippen molar-refractivity contribution in [3.8, 4) is 0 Å². The van der Waals surface area contributed by atoms with E-state index in [1.807, 2.05) is 37.3 Å². The predicted octanol–water partition coefficient (Wildman–Crippen LogP) is 5.32. The molecule has 1 aliphatic heterocycles. The topological polar surface area (TPSA) is 30.5 Å². The Morgan fingerprint density at radius 1 is 0.966 bits per heavy atom. The molecule has 0 spiro atoms. The van der Waals surface area contributed by atoms with Crippen LogP contribution in [0.1, 0.15) is 35.2 Å². The maximum atomic E-state index is 13.0. The minimum Gasteiger partial charge on any atom is -0.349 e. The van der Waals surface area contributed by atoms with Crippen LogP contribution < -0.4 is 5.32 Å². The van der Waals surface area contributed by atoms with Gasteiger partial charge in [-0.3, -0.25) is 0 Å². The zero-order valence-electron chi connectivity index (χ0n) is 15.3. The van der Waals surface area contributed by atoms with Crippen molar-refractivity contribution in [1.29, 1.82) is 0 Å². The average molecular weight is 419 g/mol. The molecule has 3 atom stereocenters. The molecule has 3 nitrogen and oxygen atoms in total. The molecular weight excluding hydrogens is 400 g/mol. The molecule has 1 heterocycles. The first kappa shape index (κ1) is 21.6. The highest BCUT2D eigenvalue weighted by Crippen LogP contribution is 2.36. The quantitative estimate of drug-likeness (QED) is 0.681. The molecule has 1 saturated heterocycles. The van der Waals surface area contributed by atoms with Gasteiger partial charge in [0.05, 0.1) is 30.4 Å². The number of hydrogen-bond donors (Lipinski definition) is 1. The van der Waals surface area contributed by atoms with Crippen LogP contribution in [0.25, 0.3) is 0 Å². The van der Waals surface area contributed by atoms with Gasteiger partial charge in [-0.05, 0) is 36.2 Å². The molecule has 1 aliphatic rings. The summed E-state index contributed by atoms with van der Waals surface area (Å²) in [5.41, 5.74) is -2.14. The highest BCUT2D eigenvalue weighted by molar-refractivity contribution is 5.33. The summed E-state index contributed by atoms with van der Waals surface area (Å²) in [5.74, 6) is 0. The number of rotatable bonds is 4. The van der Waals surface area contributed by atoms with E-state index in [2.05, 4.69) is 5.32 Å². The lowest BCUT2D eigenvalue weighted by Crippen LogP contribution is -2.48. The molecule has 0 radical (unpaired) electrons. The first-order chi connectivity index (χ1) is 13.5. The van der Waals surface area contributed by atoms with Crippen LogP contribution in [0.3, 0.4) is 0 Å². The van der Waals surface area contributed by atoms with Gasteiger partial charge in [-0.25, -0.2) is 0 Å². The van der Waals surface area contributed by atoms with Crippen LogP contribution in [0.4, 0.5) is 26.3 Å². The van der Waals surface area contributed by atoms with Gasteiger partial charge in [0, 0.05) is 6.04 Å². The lowest BCUT2D eigenvalue weighted by molar-refractivity contribution is -0.192. The first-order valence-corrected chi connectivity index (χ1v) is 8.86. The minimum atomic E-state index is -4.90. The molecule has 1 N–H and O–H groups in total. The van der Waals surface area contributed by atoms with Crippen LogP contribution in [0.15, 0.2) is 48.5 Å². The van der Waals surface area contributed by atoms with Gasteiger partial charge in [-0.1, -0.05) is 30.3 Å². The standard InChI is InChI=1S/C20H19F6NO2/c1-12-10-28-18(17(27-12)14-5-3-2-4-6-14)29-11-13-7-15(19(21,22)23)9-16(8-13)20(24,25)26/h2-9,12,17-18,27H,10-11H2,1H3/t12-,17+,18+/m0/s1. The lowest BCUT2D eigenvalue weighted by atomic mass is 10.0. The van der Waals surface area contributed by atoms with Crippen molar-refractivity contribution in [1.82, 2.24) is 5.32 Å². The molecule has 0 saturated carbocycles. The zero-order valence-corrected chi connectivity index (χ0v) is 15.3. The molecule has 0 aliphatic carbocycles. The average Bonchev–Trinajstić information content (AvgIpc) is 2.66. The van der Waals surface area contributed by atoms with Crippen molar-refractivity contribution >= 4 is 0 Å². The summed E-state index contributed by atoms with van der Waals surface area (Å²) in [6, 6.07) is 10.1. The summed E-state index contributed by atoms with van der Waals surface area (Å²) in [4.78, 5) is 0. The van der Waals surface area contributed by atoms with Crippen molar-refractivity contribution in [2.45, 2.75) is 44.3 Å². The Kier molecular flexibility index (Phi) is 6.21. The maximum absolute atomic E-state index is 13.0. The number of halogens is 6. The van der Waals surface area contributed by atoms with Gasteiger partial charge < -0.3 is 14.8 Å². The van der Waals surface area contributed by atoms with E-state index in [1.54, 1.807) is 0 Å². The van der Waals surface area contributed by atoms with E-state index in [1.165, 1.54) is 0 Å². The molecule has 2 aromatic carbocycles. The Bertz CT molecular complexity index is 790. The first-order valence-electron chi connectivity index (χ1n) is 8.86. The number of benzene rings is 2. The molecular formula is C20H19F6NO2. The second-order valence-corrected chi connectivity index (χ2v) is 6.88. The Morgan fingerprint density at radius 2 is 1.55 bits per heavy atom. The summed E-state index contributed by atoms with van der Waals surface area (Å²) in [6.07, 6.45) is -10.7. The van der Waals surface area contributed by atoms with Crippen LogP contribution >= 0.6 is 0 Å². The van der Waals surface area contributed by atoms with Crippen molar-refractivity contribution in [2.75, 3.05) is 6.61 Å². The van der Waals surface area contributed by atoms with Gasteiger partial charge in [0.15, 0.2) is 6.29 Å². The summed E-state index contributed by atoms with van der Waals surface area (Å²) < 4.78 is 89.3. The molecule has 3 rings (SSSR count). The molecule has 0 unspecified atom stereocenters. The highest BCUT2D eigenvalue weighted by Gasteiger charge is 2.37. The number of morpholine rings is 1. The molecule has 2 aromatic rings. The Balaban J connectivity index is 1.82. The molecule has 0 aromatic heterocycles. The monoisotopic (exact) mass is 419 g/mol. The lowest BCUT2D eigenvalue weighted by Gasteiger charge is -2.36. The number of alkyl halides is 6. The largest absolute Gasteiger partial charge is 0.416 e. The fourth-order valence-corrected chi connectivity index (χ4v) is 3.11. The fraction of sp³-hybridized carbons (Fsp3) is 0.400. The van der Waals surface area contributed by atoms with E-state index in [0.717, 1.165) is 5.56 Å². The second kappa shape index (κ2) is 8.33. The van der Waals surface area contributed by atoms with Crippen LogP contribution in [-0.4, -0.2) is 18.9 Å². The minimum absolute atomic E-state index is 0.00504. The summed E-state index contributed by atoms with van der Waals surface area (Å²) in [5, 5.41) is 3.28. The van der Waals surface area contributed by atoms with Gasteiger partial charge in [-0.15, -0.1) is 0 Å². The van der Waals surface area contributed by atoms with Crippen molar-refractivity contribution in [3.05, 3.63) is 70.8 Å². The Hall–Kier alpha value is -2.10. The van der Waals surface area contributed by atoms with Crippen LogP contribution in [0, 0.1) is 0 Å². The summed E-state index contributed by atoms with van der Waals surface area (Å²) in [6.45, 7) is 1.73. The van der Waals surface area contributed by atoms with E-state index in [-0.39, 0.29) is 17.7 Å². The van der Waals surface area contributed by atoms with E-state index in [4.69, 9.17) is 9.47 Å². The van der Waals surface area contributed by atoms with Gasteiger partial charge >= 0.3 is 12.4 Å². The van der Waals surface area contributed by atoms with Gasteiger partial charge in [0.25, 0.3) is 0 Å². The Morgan fingerprint density at radius 3 is 2.10 bits per heavy atom.